The zero-order valence-electron chi connectivity index (χ0n) is 19.3. The van der Waals surface area contributed by atoms with E-state index in [4.69, 9.17) is 16.0 Å². The van der Waals surface area contributed by atoms with Crippen LogP contribution in [0, 0.1) is 5.41 Å². The molecule has 1 aliphatic heterocycles. The molecule has 1 aliphatic carbocycles. The van der Waals surface area contributed by atoms with E-state index in [1.165, 1.54) is 31.0 Å². The van der Waals surface area contributed by atoms with Crippen molar-refractivity contribution in [3.63, 3.8) is 0 Å². The third-order valence-electron chi connectivity index (χ3n) is 7.17. The van der Waals surface area contributed by atoms with Gasteiger partial charge >= 0.3 is 12.1 Å². The molecular weight excluding hydrogens is 499 g/mol. The maximum absolute atomic E-state index is 13.7. The Morgan fingerprint density at radius 1 is 1.19 bits per heavy atom. The molecule has 1 unspecified atom stereocenters. The van der Waals surface area contributed by atoms with E-state index < -0.39 is 29.2 Å². The van der Waals surface area contributed by atoms with Gasteiger partial charge in [0.15, 0.2) is 17.0 Å². The zero-order valence-corrected chi connectivity index (χ0v) is 20.0. The number of anilines is 2. The number of piperidine rings is 1. The number of fused-ring (bicyclic) bond motifs is 1. The third-order valence-corrected chi connectivity index (χ3v) is 7.38. The molecule has 1 atom stereocenters. The monoisotopic (exact) mass is 521 g/mol. The highest BCUT2D eigenvalue weighted by Crippen LogP contribution is 2.54. The molecule has 1 saturated heterocycles. The first-order valence-corrected chi connectivity index (χ1v) is 11.9. The second-order valence-corrected chi connectivity index (χ2v) is 9.96. The first-order valence-electron chi connectivity index (χ1n) is 11.6. The molecule has 1 spiro atoms. The van der Waals surface area contributed by atoms with E-state index >= 15 is 0 Å². The van der Waals surface area contributed by atoms with Gasteiger partial charge in [-0.25, -0.2) is 9.78 Å². The van der Waals surface area contributed by atoms with Crippen LogP contribution in [0.25, 0.3) is 11.0 Å². The summed E-state index contributed by atoms with van der Waals surface area (Å²) in [5.74, 6) is -1.04. The normalized spacial score (nSPS) is 17.9. The minimum atomic E-state index is -4.70. The number of pyridine rings is 1. The molecule has 3 heterocycles. The summed E-state index contributed by atoms with van der Waals surface area (Å²) < 4.78 is 47.2. The number of aromatic nitrogens is 1. The Morgan fingerprint density at radius 2 is 1.89 bits per heavy atom. The molecule has 0 amide bonds. The van der Waals surface area contributed by atoms with Crippen LogP contribution in [0.5, 0.6) is 0 Å². The second-order valence-electron chi connectivity index (χ2n) is 9.58. The lowest BCUT2D eigenvalue weighted by Crippen LogP contribution is -2.34. The minimum absolute atomic E-state index is 0.0241. The predicted molar refractivity (Wildman–Crippen MR) is 129 cm³/mol. The average Bonchev–Trinajstić information content (AvgIpc) is 3.57. The molecule has 0 radical (unpaired) electrons. The molecule has 2 N–H and O–H groups in total. The fraction of sp³-hybridized carbons (Fsp3) is 0.400. The fourth-order valence-corrected chi connectivity index (χ4v) is 4.96. The van der Waals surface area contributed by atoms with Gasteiger partial charge in [0.2, 0.25) is 0 Å². The highest BCUT2D eigenvalue weighted by atomic mass is 35.5. The van der Waals surface area contributed by atoms with Gasteiger partial charge in [-0.15, -0.1) is 0 Å². The summed E-state index contributed by atoms with van der Waals surface area (Å²) in [6, 6.07) is 4.85. The lowest BCUT2D eigenvalue weighted by Gasteiger charge is -2.32. The van der Waals surface area contributed by atoms with Crippen LogP contribution < -0.4 is 15.6 Å². The maximum atomic E-state index is 13.7. The van der Waals surface area contributed by atoms with E-state index in [1.807, 2.05) is 4.90 Å². The summed E-state index contributed by atoms with van der Waals surface area (Å²) in [6.45, 7) is 2.97. The predicted octanol–water partition coefficient (Wildman–Crippen LogP) is 6.11. The number of carboxylic acid groups (broad SMARTS) is 1. The number of carbonyl (C=O) groups is 1. The smallest absolute Gasteiger partial charge is 0.416 e. The molecule has 5 rings (SSSR count). The highest BCUT2D eigenvalue weighted by molar-refractivity contribution is 6.29. The van der Waals surface area contributed by atoms with Crippen LogP contribution in [0.1, 0.15) is 60.3 Å². The number of nitrogens with one attached hydrogen (secondary N) is 1. The number of alkyl halides is 3. The SMILES string of the molecule is CC(Nc1ccc(Cl)nc1C(=O)O)c1cc(C(F)(F)F)cc2c(=O)cc(N3CCC4(CC3)CC4)oc12. The second kappa shape index (κ2) is 8.69. The molecule has 0 bridgehead atoms. The van der Waals surface area contributed by atoms with Gasteiger partial charge < -0.3 is 19.7 Å². The van der Waals surface area contributed by atoms with Crippen molar-refractivity contribution in [1.82, 2.24) is 4.98 Å². The van der Waals surface area contributed by atoms with E-state index in [9.17, 15) is 27.9 Å². The molecule has 2 aromatic heterocycles. The van der Waals surface area contributed by atoms with Crippen molar-refractivity contribution in [3.05, 3.63) is 62.5 Å². The van der Waals surface area contributed by atoms with Crippen molar-refractivity contribution < 1.29 is 27.5 Å². The number of carboxylic acids is 1. The zero-order chi connectivity index (χ0) is 25.8. The molecule has 7 nitrogen and oxygen atoms in total. The molecule has 1 aromatic carbocycles. The number of hydrogen-bond donors (Lipinski definition) is 2. The topological polar surface area (TPSA) is 95.7 Å². The third kappa shape index (κ3) is 4.61. The highest BCUT2D eigenvalue weighted by Gasteiger charge is 2.44. The van der Waals surface area contributed by atoms with E-state index in [1.54, 1.807) is 6.92 Å². The Labute approximate surface area is 208 Å². The van der Waals surface area contributed by atoms with Crippen LogP contribution in [0.3, 0.4) is 0 Å². The van der Waals surface area contributed by atoms with E-state index in [0.717, 1.165) is 25.0 Å². The van der Waals surface area contributed by atoms with E-state index in [-0.39, 0.29) is 33.1 Å². The molecular formula is C25H23ClF3N3O4. The molecule has 36 heavy (non-hydrogen) atoms. The summed E-state index contributed by atoms with van der Waals surface area (Å²) in [5, 5.41) is 12.1. The standard InChI is InChI=1S/C25H23ClF3N3O4/c1-13(30-17-2-3-19(26)31-21(17)23(34)35)15-10-14(25(27,28)29)11-16-18(33)12-20(36-22(15)16)32-8-6-24(4-5-24)7-9-32/h2-3,10-13,30H,4-9H2,1H3,(H,34,35). The van der Waals surface area contributed by atoms with Gasteiger partial charge in [0.05, 0.1) is 22.7 Å². The van der Waals surface area contributed by atoms with Crippen LogP contribution in [0.15, 0.2) is 39.5 Å². The Morgan fingerprint density at radius 3 is 2.50 bits per heavy atom. The molecule has 2 aliphatic rings. The van der Waals surface area contributed by atoms with Gasteiger partial charge in [-0.3, -0.25) is 4.79 Å². The largest absolute Gasteiger partial charge is 0.476 e. The van der Waals surface area contributed by atoms with Gasteiger partial charge in [-0.1, -0.05) is 11.6 Å². The first kappa shape index (κ1) is 24.4. The van der Waals surface area contributed by atoms with Crippen LogP contribution in [0.2, 0.25) is 5.15 Å². The summed E-state index contributed by atoms with van der Waals surface area (Å²) in [6.07, 6.45) is -0.336. The van der Waals surface area contributed by atoms with Crippen molar-refractivity contribution in [2.24, 2.45) is 5.41 Å². The van der Waals surface area contributed by atoms with Crippen molar-refractivity contribution in [2.75, 3.05) is 23.3 Å². The Bertz CT molecular complexity index is 1410. The van der Waals surface area contributed by atoms with Crippen LogP contribution in [0.4, 0.5) is 24.7 Å². The van der Waals surface area contributed by atoms with Gasteiger partial charge in [0, 0.05) is 24.7 Å². The molecule has 2 fully saturated rings. The molecule has 3 aromatic rings. The Balaban J connectivity index is 1.59. The van der Waals surface area contributed by atoms with E-state index in [2.05, 4.69) is 10.3 Å². The van der Waals surface area contributed by atoms with Crippen molar-refractivity contribution in [1.29, 1.82) is 0 Å². The van der Waals surface area contributed by atoms with Crippen molar-refractivity contribution in [2.45, 2.75) is 44.8 Å². The number of nitrogens with zero attached hydrogens (tertiary/aromatic N) is 2. The average molecular weight is 522 g/mol. The number of aromatic carboxylic acids is 1. The maximum Gasteiger partial charge on any atom is 0.416 e. The first-order chi connectivity index (χ1) is 17.0. The molecule has 190 valence electrons. The van der Waals surface area contributed by atoms with Gasteiger partial charge in [0.25, 0.3) is 0 Å². The molecule has 11 heteroatoms. The van der Waals surface area contributed by atoms with Gasteiger partial charge in [0.1, 0.15) is 10.7 Å². The lowest BCUT2D eigenvalue weighted by molar-refractivity contribution is -0.137. The van der Waals surface area contributed by atoms with Crippen LogP contribution in [-0.4, -0.2) is 29.1 Å². The summed E-state index contributed by atoms with van der Waals surface area (Å²) in [4.78, 5) is 30.4. The Hall–Kier alpha value is -3.27. The van der Waals surface area contributed by atoms with Crippen LogP contribution >= 0.6 is 11.6 Å². The summed E-state index contributed by atoms with van der Waals surface area (Å²) in [7, 11) is 0. The van der Waals surface area contributed by atoms with E-state index in [0.29, 0.717) is 24.4 Å². The lowest BCUT2D eigenvalue weighted by atomic mass is 9.94. The Kier molecular flexibility index (Phi) is 5.89. The van der Waals surface area contributed by atoms with Crippen molar-refractivity contribution in [3.8, 4) is 0 Å². The van der Waals surface area contributed by atoms with Gasteiger partial charge in [-0.2, -0.15) is 13.2 Å². The number of rotatable bonds is 5. The van der Waals surface area contributed by atoms with Crippen molar-refractivity contribution >= 4 is 40.1 Å². The quantitative estimate of drug-likeness (QED) is 0.391. The fourth-order valence-electron chi connectivity index (χ4n) is 4.82. The van der Waals surface area contributed by atoms with Crippen LogP contribution in [-0.2, 0) is 6.18 Å². The molecule has 1 saturated carbocycles. The number of benzene rings is 1. The number of hydrogen-bond acceptors (Lipinski definition) is 6. The summed E-state index contributed by atoms with van der Waals surface area (Å²) >= 11 is 5.81. The number of halogens is 4. The summed E-state index contributed by atoms with van der Waals surface area (Å²) in [5.41, 5.74) is -1.40. The van der Waals surface area contributed by atoms with Gasteiger partial charge in [-0.05, 0) is 62.3 Å². The minimum Gasteiger partial charge on any atom is -0.476 e.